The van der Waals surface area contributed by atoms with Gasteiger partial charge in [-0.3, -0.25) is 4.90 Å². The molecule has 144 valence electrons. The number of benzene rings is 2. The second-order valence-corrected chi connectivity index (χ2v) is 7.52. The van der Waals surface area contributed by atoms with Crippen molar-refractivity contribution < 1.29 is 4.74 Å². The summed E-state index contributed by atoms with van der Waals surface area (Å²) >= 11 is 0. The van der Waals surface area contributed by atoms with Gasteiger partial charge in [0.25, 0.3) is 0 Å². The largest absolute Gasteiger partial charge is 0.378 e. The summed E-state index contributed by atoms with van der Waals surface area (Å²) in [6, 6.07) is 20.0. The van der Waals surface area contributed by atoms with Crippen molar-refractivity contribution in [2.24, 2.45) is 0 Å². The zero-order valence-corrected chi connectivity index (χ0v) is 16.7. The molecule has 2 aliphatic rings. The van der Waals surface area contributed by atoms with Crippen LogP contribution in [0.3, 0.4) is 0 Å². The van der Waals surface area contributed by atoms with Gasteiger partial charge in [0.1, 0.15) is 0 Å². The summed E-state index contributed by atoms with van der Waals surface area (Å²) in [6.07, 6.45) is 9.03. The van der Waals surface area contributed by atoms with Crippen molar-refractivity contribution >= 4 is 11.3 Å². The molecule has 0 aromatic heterocycles. The fraction of sp³-hybridized carbons (Fsp3) is 0.280. The van der Waals surface area contributed by atoms with Gasteiger partial charge in [-0.15, -0.1) is 0 Å². The lowest BCUT2D eigenvalue weighted by molar-refractivity contribution is 0.122. The average molecular weight is 373 g/mol. The number of rotatable bonds is 4. The monoisotopic (exact) mass is 372 g/mol. The third-order valence-electron chi connectivity index (χ3n) is 5.43. The number of morpholine rings is 1. The molecule has 3 nitrogen and oxygen atoms in total. The van der Waals surface area contributed by atoms with E-state index in [0.29, 0.717) is 6.04 Å². The minimum Gasteiger partial charge on any atom is -0.378 e. The van der Waals surface area contributed by atoms with Crippen LogP contribution in [0.4, 0.5) is 5.69 Å². The van der Waals surface area contributed by atoms with Crippen LogP contribution < -0.4 is 4.90 Å². The van der Waals surface area contributed by atoms with Gasteiger partial charge >= 0.3 is 0 Å². The zero-order valence-electron chi connectivity index (χ0n) is 16.7. The van der Waals surface area contributed by atoms with Gasteiger partial charge in [-0.05, 0) is 48.5 Å². The van der Waals surface area contributed by atoms with Gasteiger partial charge in [0, 0.05) is 24.8 Å². The minimum absolute atomic E-state index is 0.351. The Bertz CT molecular complexity index is 857. The van der Waals surface area contributed by atoms with Crippen molar-refractivity contribution in [1.82, 2.24) is 4.90 Å². The lowest BCUT2D eigenvalue weighted by Gasteiger charge is -2.29. The predicted molar refractivity (Wildman–Crippen MR) is 118 cm³/mol. The first-order chi connectivity index (χ1) is 13.7. The summed E-state index contributed by atoms with van der Waals surface area (Å²) in [7, 11) is 4.22. The Labute approximate surface area is 168 Å². The number of ether oxygens (including phenoxy) is 1. The molecule has 1 heterocycles. The van der Waals surface area contributed by atoms with Crippen LogP contribution in [-0.4, -0.2) is 51.3 Å². The van der Waals surface area contributed by atoms with Gasteiger partial charge in [-0.25, -0.2) is 0 Å². The second-order valence-electron chi connectivity index (χ2n) is 7.52. The summed E-state index contributed by atoms with van der Waals surface area (Å²) in [5.74, 6) is 0. The number of anilines is 1. The van der Waals surface area contributed by atoms with E-state index >= 15 is 0 Å². The standard InChI is InChI=1S/C25H28N2O/c1-26(2)23-12-8-21(9-13-23)25(20-6-4-3-5-7-20)22-10-14-24(15-11-22)27-16-18-28-19-17-27/h3-15,23H,16-19H2,1-2H3. The van der Waals surface area contributed by atoms with E-state index < -0.39 is 0 Å². The lowest BCUT2D eigenvalue weighted by Crippen LogP contribution is -2.36. The van der Waals surface area contributed by atoms with E-state index in [2.05, 4.69) is 103 Å². The summed E-state index contributed by atoms with van der Waals surface area (Å²) < 4.78 is 5.48. The van der Waals surface area contributed by atoms with Crippen molar-refractivity contribution in [3.05, 3.63) is 95.6 Å². The van der Waals surface area contributed by atoms with Gasteiger partial charge in [0.05, 0.1) is 13.2 Å². The highest BCUT2D eigenvalue weighted by Crippen LogP contribution is 2.31. The summed E-state index contributed by atoms with van der Waals surface area (Å²) in [4.78, 5) is 4.60. The van der Waals surface area contributed by atoms with Crippen LogP contribution in [0.25, 0.3) is 5.57 Å². The molecule has 3 heteroatoms. The van der Waals surface area contributed by atoms with Crippen LogP contribution in [0.1, 0.15) is 11.1 Å². The van der Waals surface area contributed by atoms with Crippen molar-refractivity contribution in [2.45, 2.75) is 6.04 Å². The number of allylic oxidation sites excluding steroid dienone is 3. The lowest BCUT2D eigenvalue weighted by atomic mass is 9.90. The summed E-state index contributed by atoms with van der Waals surface area (Å²) in [6.45, 7) is 3.54. The Kier molecular flexibility index (Phi) is 5.75. The molecule has 4 rings (SSSR count). The first-order valence-electron chi connectivity index (χ1n) is 9.98. The fourth-order valence-electron chi connectivity index (χ4n) is 3.80. The smallest absolute Gasteiger partial charge is 0.0642 e. The van der Waals surface area contributed by atoms with E-state index in [-0.39, 0.29) is 0 Å². The third kappa shape index (κ3) is 4.11. The molecule has 0 radical (unpaired) electrons. The van der Waals surface area contributed by atoms with Crippen LogP contribution in [0.15, 0.2) is 84.5 Å². The Morgan fingerprint density at radius 2 is 1.46 bits per heavy atom. The van der Waals surface area contributed by atoms with Gasteiger partial charge in [0.15, 0.2) is 0 Å². The molecule has 1 aliphatic heterocycles. The third-order valence-corrected chi connectivity index (χ3v) is 5.43. The molecule has 28 heavy (non-hydrogen) atoms. The van der Waals surface area contributed by atoms with Crippen LogP contribution in [0, 0.1) is 0 Å². The molecular formula is C25H28N2O. The molecule has 0 amide bonds. The molecule has 0 spiro atoms. The topological polar surface area (TPSA) is 15.7 Å². The van der Waals surface area contributed by atoms with Crippen molar-refractivity contribution in [2.75, 3.05) is 45.3 Å². The van der Waals surface area contributed by atoms with Gasteiger partial charge in [-0.2, -0.15) is 0 Å². The Morgan fingerprint density at radius 1 is 0.857 bits per heavy atom. The van der Waals surface area contributed by atoms with Crippen LogP contribution in [-0.2, 0) is 4.74 Å². The maximum Gasteiger partial charge on any atom is 0.0642 e. The van der Waals surface area contributed by atoms with Crippen LogP contribution in [0.5, 0.6) is 0 Å². The number of likely N-dealkylation sites (N-methyl/N-ethyl adjacent to an activating group) is 1. The molecule has 2 aromatic carbocycles. The van der Waals surface area contributed by atoms with E-state index in [0.717, 1.165) is 26.3 Å². The number of hydrogen-bond donors (Lipinski definition) is 0. The van der Waals surface area contributed by atoms with E-state index in [4.69, 9.17) is 4.74 Å². The molecule has 2 aromatic rings. The quantitative estimate of drug-likeness (QED) is 0.792. The highest BCUT2D eigenvalue weighted by Gasteiger charge is 2.15. The molecule has 0 N–H and O–H groups in total. The van der Waals surface area contributed by atoms with Crippen molar-refractivity contribution in [3.8, 4) is 0 Å². The van der Waals surface area contributed by atoms with Gasteiger partial charge in [-0.1, -0.05) is 66.8 Å². The first-order valence-corrected chi connectivity index (χ1v) is 9.98. The maximum atomic E-state index is 5.48. The SMILES string of the molecule is CN(C)C1C=CC(=C(c2ccccc2)c2ccc(N3CCOCC3)cc2)C=C1. The molecular weight excluding hydrogens is 344 g/mol. The second kappa shape index (κ2) is 8.59. The van der Waals surface area contributed by atoms with E-state index in [1.165, 1.54) is 28.0 Å². The number of hydrogen-bond acceptors (Lipinski definition) is 3. The van der Waals surface area contributed by atoms with E-state index in [9.17, 15) is 0 Å². The van der Waals surface area contributed by atoms with Crippen LogP contribution >= 0.6 is 0 Å². The molecule has 0 atom stereocenters. The Balaban J connectivity index is 1.70. The average Bonchev–Trinajstić information content (AvgIpc) is 2.76. The van der Waals surface area contributed by atoms with Crippen molar-refractivity contribution in [1.29, 1.82) is 0 Å². The van der Waals surface area contributed by atoms with E-state index in [1.54, 1.807) is 0 Å². The van der Waals surface area contributed by atoms with Crippen LogP contribution in [0.2, 0.25) is 0 Å². The molecule has 1 saturated heterocycles. The molecule has 1 fully saturated rings. The molecule has 0 saturated carbocycles. The minimum atomic E-state index is 0.351. The highest BCUT2D eigenvalue weighted by molar-refractivity contribution is 5.86. The molecule has 0 bridgehead atoms. The van der Waals surface area contributed by atoms with Crippen molar-refractivity contribution in [3.63, 3.8) is 0 Å². The van der Waals surface area contributed by atoms with E-state index in [1.807, 2.05) is 0 Å². The predicted octanol–water partition coefficient (Wildman–Crippen LogP) is 4.38. The summed E-state index contributed by atoms with van der Waals surface area (Å²) in [5.41, 5.74) is 6.29. The zero-order chi connectivity index (χ0) is 19.3. The van der Waals surface area contributed by atoms with Gasteiger partial charge < -0.3 is 9.64 Å². The Morgan fingerprint density at radius 3 is 2.07 bits per heavy atom. The number of nitrogens with zero attached hydrogens (tertiary/aromatic N) is 2. The molecule has 1 aliphatic carbocycles. The highest BCUT2D eigenvalue weighted by atomic mass is 16.5. The Hall–Kier alpha value is -2.62. The normalized spacial score (nSPS) is 19.3. The van der Waals surface area contributed by atoms with Gasteiger partial charge in [0.2, 0.25) is 0 Å². The first kappa shape index (κ1) is 18.7. The summed E-state index contributed by atoms with van der Waals surface area (Å²) in [5, 5.41) is 0. The maximum absolute atomic E-state index is 5.48. The fourth-order valence-corrected chi connectivity index (χ4v) is 3.80. The molecule has 0 unspecified atom stereocenters.